The quantitative estimate of drug-likeness (QED) is 0.784. The Balaban J connectivity index is 3.27. The van der Waals surface area contributed by atoms with Gasteiger partial charge in [0.15, 0.2) is 0 Å². The summed E-state index contributed by atoms with van der Waals surface area (Å²) in [6, 6.07) is 7.20. The second-order valence-corrected chi connectivity index (χ2v) is 4.91. The van der Waals surface area contributed by atoms with Crippen molar-refractivity contribution in [3.05, 3.63) is 29.8 Å². The van der Waals surface area contributed by atoms with Crippen LogP contribution in [0.15, 0.2) is 24.3 Å². The van der Waals surface area contributed by atoms with Crippen LogP contribution >= 0.6 is 0 Å². The zero-order valence-electron chi connectivity index (χ0n) is 11.7. The van der Waals surface area contributed by atoms with Gasteiger partial charge in [-0.3, -0.25) is 4.79 Å². The van der Waals surface area contributed by atoms with E-state index in [4.69, 9.17) is 0 Å². The summed E-state index contributed by atoms with van der Waals surface area (Å²) in [6.45, 7) is 6.14. The Morgan fingerprint density at radius 2 is 1.78 bits per heavy atom. The maximum atomic E-state index is 12.4. The lowest BCUT2D eigenvalue weighted by Crippen LogP contribution is -2.35. The number of hydrogen-bond donors (Lipinski definition) is 1. The average molecular weight is 248 g/mol. The molecule has 1 N–H and O–H groups in total. The van der Waals surface area contributed by atoms with Gasteiger partial charge in [0.2, 0.25) is 0 Å². The Hall–Kier alpha value is -1.31. The van der Waals surface area contributed by atoms with Gasteiger partial charge in [0.1, 0.15) is 11.5 Å². The predicted molar refractivity (Wildman–Crippen MR) is 74.9 cm³/mol. The van der Waals surface area contributed by atoms with Gasteiger partial charge in [-0.15, -0.1) is 0 Å². The Labute approximate surface area is 110 Å². The van der Waals surface area contributed by atoms with Crippen LogP contribution in [-0.4, -0.2) is 10.9 Å². The molecule has 1 aromatic carbocycles. The molecular formula is C16H24O2. The van der Waals surface area contributed by atoms with Crippen LogP contribution < -0.4 is 0 Å². The molecule has 0 aliphatic carbocycles. The normalized spacial score (nSPS) is 11.5. The van der Waals surface area contributed by atoms with Crippen LogP contribution in [-0.2, 0) is 10.2 Å². The number of benzene rings is 1. The van der Waals surface area contributed by atoms with Crippen molar-refractivity contribution in [3.8, 4) is 5.75 Å². The highest BCUT2D eigenvalue weighted by atomic mass is 16.3. The second-order valence-electron chi connectivity index (χ2n) is 4.91. The molecule has 2 nitrogen and oxygen atoms in total. The van der Waals surface area contributed by atoms with E-state index in [9.17, 15) is 9.90 Å². The standard InChI is InChI=1S/C16H24O2/c1-4-10-16(11-5-2,15(18)6-3)13-8-7-9-14(17)12-13/h7-9,12,17H,4-6,10-11H2,1-3H3. The molecule has 0 radical (unpaired) electrons. The minimum atomic E-state index is -0.406. The van der Waals surface area contributed by atoms with E-state index < -0.39 is 5.41 Å². The van der Waals surface area contributed by atoms with Gasteiger partial charge in [0.05, 0.1) is 5.41 Å². The number of rotatable bonds is 7. The molecule has 0 bridgehead atoms. The van der Waals surface area contributed by atoms with E-state index >= 15 is 0 Å². The monoisotopic (exact) mass is 248 g/mol. The zero-order valence-corrected chi connectivity index (χ0v) is 11.7. The minimum Gasteiger partial charge on any atom is -0.508 e. The Bertz CT molecular complexity index is 390. The van der Waals surface area contributed by atoms with Crippen molar-refractivity contribution >= 4 is 5.78 Å². The third-order valence-electron chi connectivity index (χ3n) is 3.61. The number of carbonyl (C=O) groups is 1. The summed E-state index contributed by atoms with van der Waals surface area (Å²) in [6.07, 6.45) is 4.21. The van der Waals surface area contributed by atoms with Gasteiger partial charge >= 0.3 is 0 Å². The zero-order chi connectivity index (χ0) is 13.6. The molecule has 0 aliphatic heterocycles. The first kappa shape index (κ1) is 14.7. The lowest BCUT2D eigenvalue weighted by molar-refractivity contribution is -0.125. The maximum Gasteiger partial charge on any atom is 0.143 e. The second kappa shape index (κ2) is 6.58. The fraction of sp³-hybridized carbons (Fsp3) is 0.562. The highest BCUT2D eigenvalue weighted by Crippen LogP contribution is 2.37. The highest BCUT2D eigenvalue weighted by molar-refractivity contribution is 5.90. The third kappa shape index (κ3) is 2.92. The summed E-state index contributed by atoms with van der Waals surface area (Å²) >= 11 is 0. The number of ketones is 1. The molecule has 0 fully saturated rings. The summed E-state index contributed by atoms with van der Waals surface area (Å²) in [5.41, 5.74) is 0.565. The van der Waals surface area contributed by atoms with E-state index in [0.717, 1.165) is 31.2 Å². The molecule has 1 rings (SSSR count). The number of Topliss-reactive ketones (excluding diaryl/α,β-unsaturated/α-hetero) is 1. The molecule has 0 aromatic heterocycles. The van der Waals surface area contributed by atoms with Crippen molar-refractivity contribution in [3.63, 3.8) is 0 Å². The van der Waals surface area contributed by atoms with Crippen molar-refractivity contribution in [2.24, 2.45) is 0 Å². The number of carbonyl (C=O) groups excluding carboxylic acids is 1. The molecule has 18 heavy (non-hydrogen) atoms. The Morgan fingerprint density at radius 3 is 2.22 bits per heavy atom. The molecule has 0 saturated heterocycles. The van der Waals surface area contributed by atoms with E-state index in [1.54, 1.807) is 12.1 Å². The molecule has 0 saturated carbocycles. The molecular weight excluding hydrogens is 224 g/mol. The molecule has 2 heteroatoms. The van der Waals surface area contributed by atoms with Gasteiger partial charge in [-0.2, -0.15) is 0 Å². The Kier molecular flexibility index (Phi) is 5.39. The fourth-order valence-corrected chi connectivity index (χ4v) is 2.85. The molecule has 0 heterocycles. The number of aromatic hydroxyl groups is 1. The summed E-state index contributed by atoms with van der Waals surface area (Å²) in [5, 5.41) is 9.66. The number of phenols is 1. The third-order valence-corrected chi connectivity index (χ3v) is 3.61. The fourth-order valence-electron chi connectivity index (χ4n) is 2.85. The van der Waals surface area contributed by atoms with E-state index in [1.165, 1.54) is 0 Å². The van der Waals surface area contributed by atoms with Gasteiger partial charge in [0, 0.05) is 6.42 Å². The minimum absolute atomic E-state index is 0.244. The highest BCUT2D eigenvalue weighted by Gasteiger charge is 2.36. The van der Waals surface area contributed by atoms with Gasteiger partial charge in [-0.25, -0.2) is 0 Å². The lowest BCUT2D eigenvalue weighted by atomic mass is 9.69. The van der Waals surface area contributed by atoms with Crippen molar-refractivity contribution in [1.29, 1.82) is 0 Å². The van der Waals surface area contributed by atoms with Crippen LogP contribution in [0, 0.1) is 0 Å². The smallest absolute Gasteiger partial charge is 0.143 e. The van der Waals surface area contributed by atoms with Gasteiger partial charge in [0.25, 0.3) is 0 Å². The van der Waals surface area contributed by atoms with Crippen LogP contribution in [0.1, 0.15) is 58.4 Å². The first-order valence-corrected chi connectivity index (χ1v) is 6.93. The first-order chi connectivity index (χ1) is 8.60. The number of phenolic OH excluding ortho intramolecular Hbond substituents is 1. The summed E-state index contributed by atoms with van der Waals surface area (Å²) in [4.78, 5) is 12.4. The molecule has 1 aromatic rings. The number of hydrogen-bond acceptors (Lipinski definition) is 2. The predicted octanol–water partition coefficient (Wildman–Crippen LogP) is 4.21. The van der Waals surface area contributed by atoms with E-state index in [1.807, 2.05) is 19.1 Å². The molecule has 0 aliphatic rings. The topological polar surface area (TPSA) is 37.3 Å². The van der Waals surface area contributed by atoms with Crippen molar-refractivity contribution < 1.29 is 9.90 Å². The molecule has 0 amide bonds. The van der Waals surface area contributed by atoms with Crippen LogP contribution in [0.3, 0.4) is 0 Å². The Morgan fingerprint density at radius 1 is 1.17 bits per heavy atom. The summed E-state index contributed by atoms with van der Waals surface area (Å²) in [7, 11) is 0. The van der Waals surface area contributed by atoms with Crippen molar-refractivity contribution in [2.45, 2.75) is 58.3 Å². The summed E-state index contributed by atoms with van der Waals surface area (Å²) in [5.74, 6) is 0.532. The maximum absolute atomic E-state index is 12.4. The SMILES string of the molecule is CCCC(CCC)(C(=O)CC)c1cccc(O)c1. The van der Waals surface area contributed by atoms with Crippen molar-refractivity contribution in [2.75, 3.05) is 0 Å². The van der Waals surface area contributed by atoms with Gasteiger partial charge in [-0.1, -0.05) is 45.7 Å². The van der Waals surface area contributed by atoms with Crippen molar-refractivity contribution in [1.82, 2.24) is 0 Å². The van der Waals surface area contributed by atoms with E-state index in [-0.39, 0.29) is 11.5 Å². The van der Waals surface area contributed by atoms with Crippen LogP contribution in [0.4, 0.5) is 0 Å². The molecule has 0 spiro atoms. The summed E-state index contributed by atoms with van der Waals surface area (Å²) < 4.78 is 0. The molecule has 100 valence electrons. The van der Waals surface area contributed by atoms with Gasteiger partial charge < -0.3 is 5.11 Å². The van der Waals surface area contributed by atoms with E-state index in [2.05, 4.69) is 13.8 Å². The van der Waals surface area contributed by atoms with Crippen LogP contribution in [0.25, 0.3) is 0 Å². The largest absolute Gasteiger partial charge is 0.508 e. The first-order valence-electron chi connectivity index (χ1n) is 6.93. The average Bonchev–Trinajstić information content (AvgIpc) is 2.37. The van der Waals surface area contributed by atoms with Crippen LogP contribution in [0.5, 0.6) is 5.75 Å². The van der Waals surface area contributed by atoms with E-state index in [0.29, 0.717) is 6.42 Å². The van der Waals surface area contributed by atoms with Gasteiger partial charge in [-0.05, 0) is 30.5 Å². The lowest BCUT2D eigenvalue weighted by Gasteiger charge is -2.32. The van der Waals surface area contributed by atoms with Crippen LogP contribution in [0.2, 0.25) is 0 Å². The molecule has 0 unspecified atom stereocenters. The molecule has 0 atom stereocenters.